The Morgan fingerprint density at radius 1 is 1.25 bits per heavy atom. The van der Waals surface area contributed by atoms with Crippen molar-refractivity contribution in [3.63, 3.8) is 0 Å². The van der Waals surface area contributed by atoms with E-state index in [1.807, 2.05) is 6.07 Å². The Balaban J connectivity index is 1.85. The average Bonchev–Trinajstić information content (AvgIpc) is 3.11. The predicted octanol–water partition coefficient (Wildman–Crippen LogP) is 2.89. The Kier molecular flexibility index (Phi) is 4.26. The number of anilines is 1. The highest BCUT2D eigenvalue weighted by Gasteiger charge is 2.17. The summed E-state index contributed by atoms with van der Waals surface area (Å²) in [4.78, 5) is 26.0. The smallest absolute Gasteiger partial charge is 0.259 e. The molecule has 1 aromatic carbocycles. The van der Waals surface area contributed by atoms with E-state index >= 15 is 0 Å². The maximum absolute atomic E-state index is 13.0. The molecule has 0 radical (unpaired) electrons. The fourth-order valence-electron chi connectivity index (χ4n) is 1.97. The maximum Gasteiger partial charge on any atom is 0.259 e. The number of carbonyl (C=O) groups excluding carboxylic acids is 1. The standard InChI is InChI=1S/C16H10FN5OS/c1-22(15(23)10-2-4-11(17)5-3-10)16-21-14(8-24-16)13-6-12(7-18)19-9-20-13/h2-6,8-9H,1H3. The molecule has 0 atom stereocenters. The van der Waals surface area contributed by atoms with Gasteiger partial charge in [0.15, 0.2) is 5.13 Å². The van der Waals surface area contributed by atoms with Crippen LogP contribution in [-0.4, -0.2) is 27.9 Å². The Bertz CT molecular complexity index is 932. The highest BCUT2D eigenvalue weighted by molar-refractivity contribution is 7.14. The van der Waals surface area contributed by atoms with Gasteiger partial charge in [0.05, 0.1) is 5.69 Å². The monoisotopic (exact) mass is 339 g/mol. The summed E-state index contributed by atoms with van der Waals surface area (Å²) in [5.41, 5.74) is 1.66. The lowest BCUT2D eigenvalue weighted by Gasteiger charge is -2.13. The number of rotatable bonds is 3. The fraction of sp³-hybridized carbons (Fsp3) is 0.0625. The molecule has 0 saturated carbocycles. The molecule has 24 heavy (non-hydrogen) atoms. The molecule has 0 bridgehead atoms. The van der Waals surface area contributed by atoms with Gasteiger partial charge in [-0.05, 0) is 24.3 Å². The van der Waals surface area contributed by atoms with E-state index in [-0.39, 0.29) is 11.6 Å². The van der Waals surface area contributed by atoms with Crippen molar-refractivity contribution in [2.24, 2.45) is 0 Å². The van der Waals surface area contributed by atoms with Crippen molar-refractivity contribution in [1.82, 2.24) is 15.0 Å². The minimum absolute atomic E-state index is 0.241. The molecule has 3 rings (SSSR count). The zero-order chi connectivity index (χ0) is 17.1. The van der Waals surface area contributed by atoms with Crippen LogP contribution < -0.4 is 4.90 Å². The van der Waals surface area contributed by atoms with E-state index < -0.39 is 5.82 Å². The van der Waals surface area contributed by atoms with Crippen LogP contribution >= 0.6 is 11.3 Å². The molecule has 0 fully saturated rings. The molecule has 0 saturated heterocycles. The van der Waals surface area contributed by atoms with Gasteiger partial charge in [-0.25, -0.2) is 19.3 Å². The summed E-state index contributed by atoms with van der Waals surface area (Å²) in [6, 6.07) is 8.78. The highest BCUT2D eigenvalue weighted by Crippen LogP contribution is 2.26. The van der Waals surface area contributed by atoms with Crippen molar-refractivity contribution < 1.29 is 9.18 Å². The number of hydrogen-bond donors (Lipinski definition) is 0. The highest BCUT2D eigenvalue weighted by atomic mass is 32.1. The lowest BCUT2D eigenvalue weighted by molar-refractivity contribution is 0.0993. The van der Waals surface area contributed by atoms with Crippen molar-refractivity contribution in [3.8, 4) is 17.5 Å². The summed E-state index contributed by atoms with van der Waals surface area (Å²) < 4.78 is 13.0. The number of nitrogens with zero attached hydrogens (tertiary/aromatic N) is 5. The number of thiazole rings is 1. The van der Waals surface area contributed by atoms with Crippen molar-refractivity contribution in [1.29, 1.82) is 5.26 Å². The van der Waals surface area contributed by atoms with Gasteiger partial charge in [0, 0.05) is 24.1 Å². The molecule has 2 aromatic heterocycles. The Labute approximate surface area is 140 Å². The quantitative estimate of drug-likeness (QED) is 0.733. The minimum Gasteiger partial charge on any atom is -0.287 e. The SMILES string of the molecule is CN(C(=O)c1ccc(F)cc1)c1nc(-c2cc(C#N)ncn2)cs1. The first-order valence-corrected chi connectivity index (χ1v) is 7.68. The van der Waals surface area contributed by atoms with E-state index in [2.05, 4.69) is 15.0 Å². The van der Waals surface area contributed by atoms with Gasteiger partial charge in [-0.15, -0.1) is 11.3 Å². The van der Waals surface area contributed by atoms with Gasteiger partial charge in [0.2, 0.25) is 0 Å². The van der Waals surface area contributed by atoms with E-state index in [4.69, 9.17) is 5.26 Å². The van der Waals surface area contributed by atoms with Gasteiger partial charge in [-0.2, -0.15) is 5.26 Å². The van der Waals surface area contributed by atoms with E-state index in [1.54, 1.807) is 12.4 Å². The van der Waals surface area contributed by atoms with Crippen molar-refractivity contribution >= 4 is 22.4 Å². The number of aromatic nitrogens is 3. The molecule has 118 valence electrons. The van der Waals surface area contributed by atoms with Gasteiger partial charge in [0.1, 0.15) is 29.6 Å². The Hall–Kier alpha value is -3.18. The van der Waals surface area contributed by atoms with Crippen molar-refractivity contribution in [2.75, 3.05) is 11.9 Å². The molecule has 1 amide bonds. The number of benzene rings is 1. The minimum atomic E-state index is -0.400. The third kappa shape index (κ3) is 3.11. The lowest BCUT2D eigenvalue weighted by atomic mass is 10.2. The predicted molar refractivity (Wildman–Crippen MR) is 87.0 cm³/mol. The zero-order valence-electron chi connectivity index (χ0n) is 12.5. The molecule has 0 unspecified atom stereocenters. The molecular weight excluding hydrogens is 329 g/mol. The second-order valence-corrected chi connectivity index (χ2v) is 5.62. The van der Waals surface area contributed by atoms with Crippen LogP contribution in [0.5, 0.6) is 0 Å². The van der Waals surface area contributed by atoms with Gasteiger partial charge in [0.25, 0.3) is 5.91 Å². The fourth-order valence-corrected chi connectivity index (χ4v) is 2.75. The van der Waals surface area contributed by atoms with Crippen LogP contribution in [0.15, 0.2) is 42.0 Å². The van der Waals surface area contributed by atoms with Crippen LogP contribution in [0.4, 0.5) is 9.52 Å². The molecule has 0 aliphatic heterocycles. The molecule has 8 heteroatoms. The average molecular weight is 339 g/mol. The first kappa shape index (κ1) is 15.7. The lowest BCUT2D eigenvalue weighted by Crippen LogP contribution is -2.26. The van der Waals surface area contributed by atoms with Gasteiger partial charge in [-0.3, -0.25) is 9.69 Å². The van der Waals surface area contributed by atoms with Crippen LogP contribution in [-0.2, 0) is 0 Å². The first-order chi connectivity index (χ1) is 11.6. The van der Waals surface area contributed by atoms with Crippen LogP contribution in [0.1, 0.15) is 16.1 Å². The van der Waals surface area contributed by atoms with E-state index in [0.29, 0.717) is 22.1 Å². The number of carbonyl (C=O) groups is 1. The van der Waals surface area contributed by atoms with Crippen LogP contribution in [0.25, 0.3) is 11.4 Å². The second kappa shape index (κ2) is 6.52. The van der Waals surface area contributed by atoms with Crippen LogP contribution in [0.2, 0.25) is 0 Å². The number of hydrogen-bond acceptors (Lipinski definition) is 6. The summed E-state index contributed by atoms with van der Waals surface area (Å²) in [5.74, 6) is -0.695. The summed E-state index contributed by atoms with van der Waals surface area (Å²) in [6.07, 6.45) is 1.29. The van der Waals surface area contributed by atoms with Gasteiger partial charge >= 0.3 is 0 Å². The number of amides is 1. The molecule has 0 aliphatic rings. The summed E-state index contributed by atoms with van der Waals surface area (Å²) in [5, 5.41) is 11.1. The molecule has 0 N–H and O–H groups in total. The van der Waals surface area contributed by atoms with Crippen molar-refractivity contribution in [2.45, 2.75) is 0 Å². The van der Waals surface area contributed by atoms with Gasteiger partial charge < -0.3 is 0 Å². The summed E-state index contributed by atoms with van der Waals surface area (Å²) >= 11 is 1.27. The number of nitriles is 1. The molecule has 2 heterocycles. The second-order valence-electron chi connectivity index (χ2n) is 4.79. The topological polar surface area (TPSA) is 82.8 Å². The molecule has 6 nitrogen and oxygen atoms in total. The molecule has 3 aromatic rings. The third-order valence-electron chi connectivity index (χ3n) is 3.22. The van der Waals surface area contributed by atoms with E-state index in [1.165, 1.54) is 52.9 Å². The summed E-state index contributed by atoms with van der Waals surface area (Å²) in [6.45, 7) is 0. The van der Waals surface area contributed by atoms with Crippen molar-refractivity contribution in [3.05, 3.63) is 59.1 Å². The Morgan fingerprint density at radius 3 is 2.71 bits per heavy atom. The van der Waals surface area contributed by atoms with E-state index in [0.717, 1.165) is 0 Å². The Morgan fingerprint density at radius 2 is 2.00 bits per heavy atom. The van der Waals surface area contributed by atoms with Crippen LogP contribution in [0, 0.1) is 17.1 Å². The third-order valence-corrected chi connectivity index (χ3v) is 4.14. The van der Waals surface area contributed by atoms with Crippen LogP contribution in [0.3, 0.4) is 0 Å². The molecule has 0 aliphatic carbocycles. The molecule has 0 spiro atoms. The van der Waals surface area contributed by atoms with Gasteiger partial charge in [-0.1, -0.05) is 0 Å². The summed E-state index contributed by atoms with van der Waals surface area (Å²) in [7, 11) is 1.59. The zero-order valence-corrected chi connectivity index (χ0v) is 13.3. The van der Waals surface area contributed by atoms with E-state index in [9.17, 15) is 9.18 Å². The molecular formula is C16H10FN5OS. The first-order valence-electron chi connectivity index (χ1n) is 6.80. The normalized spacial score (nSPS) is 10.2. The largest absolute Gasteiger partial charge is 0.287 e. The maximum atomic E-state index is 13.0. The number of halogens is 1.